The van der Waals surface area contributed by atoms with Gasteiger partial charge in [0.25, 0.3) is 0 Å². The standard InChI is InChI=1S/C12H9FN4S/c13-8-4-3-7(6-9(8)14)11-15-12(17-16-11)10-2-1-5-18-10/h1-6H,14H2,(H,15,16,17). The van der Waals surface area contributed by atoms with E-state index in [0.29, 0.717) is 17.2 Å². The lowest BCUT2D eigenvalue weighted by molar-refractivity contribution is 0.632. The second kappa shape index (κ2) is 4.23. The largest absolute Gasteiger partial charge is 0.396 e. The monoisotopic (exact) mass is 260 g/mol. The smallest absolute Gasteiger partial charge is 0.181 e. The van der Waals surface area contributed by atoms with Crippen molar-refractivity contribution >= 4 is 17.0 Å². The van der Waals surface area contributed by atoms with Gasteiger partial charge in [0.2, 0.25) is 0 Å². The van der Waals surface area contributed by atoms with E-state index >= 15 is 0 Å². The van der Waals surface area contributed by atoms with Crippen molar-refractivity contribution in [2.45, 2.75) is 0 Å². The topological polar surface area (TPSA) is 67.6 Å². The Labute approximate surface area is 106 Å². The van der Waals surface area contributed by atoms with Crippen LogP contribution in [-0.2, 0) is 0 Å². The molecule has 6 heteroatoms. The molecule has 0 aliphatic heterocycles. The van der Waals surface area contributed by atoms with Crippen molar-refractivity contribution in [3.63, 3.8) is 0 Å². The van der Waals surface area contributed by atoms with Crippen molar-refractivity contribution in [3.8, 4) is 22.1 Å². The van der Waals surface area contributed by atoms with E-state index in [2.05, 4.69) is 15.2 Å². The molecule has 0 atom stereocenters. The van der Waals surface area contributed by atoms with E-state index in [1.807, 2.05) is 17.5 Å². The van der Waals surface area contributed by atoms with Gasteiger partial charge in [0, 0.05) is 5.56 Å². The summed E-state index contributed by atoms with van der Waals surface area (Å²) < 4.78 is 13.1. The fraction of sp³-hybridized carbons (Fsp3) is 0. The lowest BCUT2D eigenvalue weighted by Gasteiger charge is -1.98. The molecule has 2 aromatic heterocycles. The minimum absolute atomic E-state index is 0.0926. The number of nitrogens with two attached hydrogens (primary N) is 1. The third kappa shape index (κ3) is 1.86. The highest BCUT2D eigenvalue weighted by Crippen LogP contribution is 2.25. The molecule has 3 N–H and O–H groups in total. The molecule has 3 aromatic rings. The number of anilines is 1. The zero-order valence-corrected chi connectivity index (χ0v) is 10.0. The van der Waals surface area contributed by atoms with E-state index in [-0.39, 0.29) is 5.69 Å². The molecule has 0 saturated carbocycles. The van der Waals surface area contributed by atoms with Crippen LogP contribution >= 0.6 is 11.3 Å². The maximum atomic E-state index is 13.1. The maximum Gasteiger partial charge on any atom is 0.181 e. The van der Waals surface area contributed by atoms with Crippen LogP contribution in [0.2, 0.25) is 0 Å². The van der Waals surface area contributed by atoms with Gasteiger partial charge in [-0.05, 0) is 29.6 Å². The van der Waals surface area contributed by atoms with Crippen molar-refractivity contribution in [3.05, 3.63) is 41.5 Å². The molecular weight excluding hydrogens is 251 g/mol. The van der Waals surface area contributed by atoms with Crippen molar-refractivity contribution in [2.24, 2.45) is 0 Å². The highest BCUT2D eigenvalue weighted by Gasteiger charge is 2.09. The van der Waals surface area contributed by atoms with Crippen molar-refractivity contribution in [2.75, 3.05) is 5.73 Å². The summed E-state index contributed by atoms with van der Waals surface area (Å²) in [5.74, 6) is 0.765. The first-order valence-electron chi connectivity index (χ1n) is 5.26. The number of hydrogen-bond donors (Lipinski definition) is 2. The van der Waals surface area contributed by atoms with Crippen LogP contribution in [0.1, 0.15) is 0 Å². The highest BCUT2D eigenvalue weighted by molar-refractivity contribution is 7.13. The van der Waals surface area contributed by atoms with Crippen LogP contribution in [0.5, 0.6) is 0 Å². The molecule has 0 saturated heterocycles. The quantitative estimate of drug-likeness (QED) is 0.696. The van der Waals surface area contributed by atoms with Crippen LogP contribution < -0.4 is 5.73 Å². The zero-order valence-electron chi connectivity index (χ0n) is 9.22. The summed E-state index contributed by atoms with van der Waals surface area (Å²) in [5.41, 5.74) is 6.30. The number of aromatic nitrogens is 3. The predicted molar refractivity (Wildman–Crippen MR) is 69.5 cm³/mol. The third-order valence-corrected chi connectivity index (χ3v) is 3.37. The number of benzene rings is 1. The Bertz CT molecular complexity index is 675. The number of nitrogen functional groups attached to an aromatic ring is 1. The number of nitrogens with one attached hydrogen (secondary N) is 1. The first-order chi connectivity index (χ1) is 8.74. The summed E-state index contributed by atoms with van der Waals surface area (Å²) in [6.45, 7) is 0. The Morgan fingerprint density at radius 1 is 1.28 bits per heavy atom. The second-order valence-corrected chi connectivity index (χ2v) is 4.67. The van der Waals surface area contributed by atoms with Crippen LogP contribution in [-0.4, -0.2) is 15.2 Å². The van der Waals surface area contributed by atoms with E-state index in [9.17, 15) is 4.39 Å². The molecule has 18 heavy (non-hydrogen) atoms. The third-order valence-electron chi connectivity index (χ3n) is 2.49. The minimum atomic E-state index is -0.437. The lowest BCUT2D eigenvalue weighted by atomic mass is 10.2. The summed E-state index contributed by atoms with van der Waals surface area (Å²) in [5, 5.41) is 8.93. The van der Waals surface area contributed by atoms with Gasteiger partial charge in [-0.3, -0.25) is 5.10 Å². The number of H-pyrrole nitrogens is 1. The molecule has 2 heterocycles. The molecule has 0 unspecified atom stereocenters. The van der Waals surface area contributed by atoms with Gasteiger partial charge in [0.1, 0.15) is 5.82 Å². The van der Waals surface area contributed by atoms with Crippen LogP contribution in [0, 0.1) is 5.82 Å². The Balaban J connectivity index is 2.00. The maximum absolute atomic E-state index is 13.1. The van der Waals surface area contributed by atoms with E-state index in [0.717, 1.165) is 4.88 Å². The number of rotatable bonds is 2. The Morgan fingerprint density at radius 2 is 2.17 bits per heavy atom. The Morgan fingerprint density at radius 3 is 2.89 bits per heavy atom. The summed E-state index contributed by atoms with van der Waals surface area (Å²) in [6, 6.07) is 8.33. The Kier molecular flexibility index (Phi) is 2.56. The van der Waals surface area contributed by atoms with Crippen molar-refractivity contribution in [1.29, 1.82) is 0 Å². The summed E-state index contributed by atoms with van der Waals surface area (Å²) in [4.78, 5) is 5.36. The summed E-state index contributed by atoms with van der Waals surface area (Å²) >= 11 is 1.57. The number of hydrogen-bond acceptors (Lipinski definition) is 4. The molecule has 0 aliphatic carbocycles. The molecule has 0 spiro atoms. The van der Waals surface area contributed by atoms with Gasteiger partial charge < -0.3 is 5.73 Å². The lowest BCUT2D eigenvalue weighted by Crippen LogP contribution is -1.91. The molecule has 0 fully saturated rings. The van der Waals surface area contributed by atoms with Crippen LogP contribution in [0.3, 0.4) is 0 Å². The van der Waals surface area contributed by atoms with Crippen LogP contribution in [0.4, 0.5) is 10.1 Å². The molecule has 4 nitrogen and oxygen atoms in total. The minimum Gasteiger partial charge on any atom is -0.396 e. The number of halogens is 1. The van der Waals surface area contributed by atoms with E-state index in [4.69, 9.17) is 5.73 Å². The summed E-state index contributed by atoms with van der Waals surface area (Å²) in [7, 11) is 0. The molecule has 3 rings (SSSR count). The zero-order chi connectivity index (χ0) is 12.5. The molecule has 0 aliphatic rings. The van der Waals surface area contributed by atoms with Gasteiger partial charge in [-0.15, -0.1) is 11.3 Å². The molecule has 0 radical (unpaired) electrons. The van der Waals surface area contributed by atoms with E-state index in [1.54, 1.807) is 17.4 Å². The van der Waals surface area contributed by atoms with Gasteiger partial charge in [-0.1, -0.05) is 6.07 Å². The van der Waals surface area contributed by atoms with Crippen LogP contribution in [0.25, 0.3) is 22.1 Å². The van der Waals surface area contributed by atoms with Crippen molar-refractivity contribution < 1.29 is 4.39 Å². The normalized spacial score (nSPS) is 10.7. The average molecular weight is 260 g/mol. The SMILES string of the molecule is Nc1cc(-c2n[nH]c(-c3cccs3)n2)ccc1F. The second-order valence-electron chi connectivity index (χ2n) is 3.72. The van der Waals surface area contributed by atoms with Gasteiger partial charge in [-0.2, -0.15) is 5.10 Å². The molecule has 0 bridgehead atoms. The average Bonchev–Trinajstić information content (AvgIpc) is 3.01. The molecule has 90 valence electrons. The van der Waals surface area contributed by atoms with Gasteiger partial charge in [0.15, 0.2) is 11.6 Å². The summed E-state index contributed by atoms with van der Waals surface area (Å²) in [6.07, 6.45) is 0. The first-order valence-corrected chi connectivity index (χ1v) is 6.13. The number of aromatic amines is 1. The van der Waals surface area contributed by atoms with Crippen molar-refractivity contribution in [1.82, 2.24) is 15.2 Å². The number of nitrogens with zero attached hydrogens (tertiary/aromatic N) is 2. The van der Waals surface area contributed by atoms with E-state index in [1.165, 1.54) is 12.1 Å². The first kappa shape index (κ1) is 10.9. The van der Waals surface area contributed by atoms with Gasteiger partial charge in [-0.25, -0.2) is 9.37 Å². The fourth-order valence-electron chi connectivity index (χ4n) is 1.60. The molecule has 0 amide bonds. The predicted octanol–water partition coefficient (Wildman–Crippen LogP) is 2.92. The molecular formula is C12H9FN4S. The van der Waals surface area contributed by atoms with E-state index < -0.39 is 5.82 Å². The highest BCUT2D eigenvalue weighted by atomic mass is 32.1. The molecule has 1 aromatic carbocycles. The Hall–Kier alpha value is -2.21. The van der Waals surface area contributed by atoms with Gasteiger partial charge in [0.05, 0.1) is 10.6 Å². The fourth-order valence-corrected chi connectivity index (χ4v) is 2.26. The number of thiophene rings is 1. The van der Waals surface area contributed by atoms with Crippen LogP contribution in [0.15, 0.2) is 35.7 Å². The van der Waals surface area contributed by atoms with Gasteiger partial charge >= 0.3 is 0 Å².